The lowest BCUT2D eigenvalue weighted by Gasteiger charge is -1.87. The van der Waals surface area contributed by atoms with Crippen molar-refractivity contribution < 1.29 is 4.52 Å². The highest BCUT2D eigenvalue weighted by Gasteiger charge is 2.12. The topological polar surface area (TPSA) is 52.0 Å². The average Bonchev–Trinajstić information content (AvgIpc) is 2.64. The van der Waals surface area contributed by atoms with Crippen molar-refractivity contribution >= 4 is 39.7 Å². The van der Waals surface area contributed by atoms with Crippen molar-refractivity contribution in [2.75, 3.05) is 5.73 Å². The van der Waals surface area contributed by atoms with E-state index in [1.807, 2.05) is 17.5 Å². The first-order valence-electron chi connectivity index (χ1n) is 3.23. The maximum atomic E-state index is 5.54. The summed E-state index contributed by atoms with van der Waals surface area (Å²) in [5, 5.41) is 5.66. The molecule has 62 valence electrons. The summed E-state index contributed by atoms with van der Waals surface area (Å²) in [4.78, 5) is 1.06. The summed E-state index contributed by atoms with van der Waals surface area (Å²) in [6, 6.07) is 3.95. The number of hydrogen-bond donors (Lipinski definition) is 1. The van der Waals surface area contributed by atoms with Gasteiger partial charge in [-0.3, -0.25) is 0 Å². The lowest BCUT2D eigenvalue weighted by atomic mass is 10.4. The van der Waals surface area contributed by atoms with Crippen molar-refractivity contribution in [2.24, 2.45) is 0 Å². The van der Waals surface area contributed by atoms with Crippen LogP contribution in [-0.2, 0) is 0 Å². The van der Waals surface area contributed by atoms with Crippen molar-refractivity contribution in [1.82, 2.24) is 5.16 Å². The summed E-state index contributed by atoms with van der Waals surface area (Å²) in [6.45, 7) is 0. The van der Waals surface area contributed by atoms with Gasteiger partial charge in [-0.2, -0.15) is 0 Å². The standard InChI is InChI=1S/C7H5IN2OS/c8-5-6(11-10-7(5)9)4-2-1-3-12-4/h1-3H,(H2,9,10). The molecule has 2 heterocycles. The maximum Gasteiger partial charge on any atom is 0.192 e. The largest absolute Gasteiger partial charge is 0.380 e. The molecule has 0 fully saturated rings. The van der Waals surface area contributed by atoms with Crippen LogP contribution in [-0.4, -0.2) is 5.16 Å². The van der Waals surface area contributed by atoms with Crippen LogP contribution in [0.3, 0.4) is 0 Å². The Morgan fingerprint density at radius 2 is 2.42 bits per heavy atom. The molecule has 0 aromatic carbocycles. The molecule has 0 amide bonds. The third-order valence-electron chi connectivity index (χ3n) is 1.40. The Morgan fingerprint density at radius 1 is 1.58 bits per heavy atom. The molecule has 0 unspecified atom stereocenters. The molecule has 2 aromatic heterocycles. The molecule has 0 aliphatic heterocycles. The first kappa shape index (κ1) is 8.06. The van der Waals surface area contributed by atoms with E-state index >= 15 is 0 Å². The fraction of sp³-hybridized carbons (Fsp3) is 0. The molecule has 2 N–H and O–H groups in total. The SMILES string of the molecule is Nc1noc(-c2cccs2)c1I. The summed E-state index contributed by atoms with van der Waals surface area (Å²) in [5.74, 6) is 1.22. The molecule has 0 aliphatic rings. The van der Waals surface area contributed by atoms with Crippen LogP contribution in [0.2, 0.25) is 0 Å². The zero-order chi connectivity index (χ0) is 8.55. The van der Waals surface area contributed by atoms with Gasteiger partial charge in [-0.05, 0) is 34.0 Å². The van der Waals surface area contributed by atoms with Gasteiger partial charge in [0.2, 0.25) is 0 Å². The Morgan fingerprint density at radius 3 is 2.92 bits per heavy atom. The van der Waals surface area contributed by atoms with E-state index in [1.165, 1.54) is 0 Å². The van der Waals surface area contributed by atoms with E-state index in [4.69, 9.17) is 10.3 Å². The van der Waals surface area contributed by atoms with Crippen molar-refractivity contribution in [3.8, 4) is 10.6 Å². The number of thiophene rings is 1. The van der Waals surface area contributed by atoms with E-state index in [1.54, 1.807) is 11.3 Å². The molecule has 2 aromatic rings. The molecule has 0 bridgehead atoms. The molecule has 12 heavy (non-hydrogen) atoms. The van der Waals surface area contributed by atoms with Crippen molar-refractivity contribution in [2.45, 2.75) is 0 Å². The molecule has 3 nitrogen and oxygen atoms in total. The second kappa shape index (κ2) is 3.06. The van der Waals surface area contributed by atoms with Gasteiger partial charge in [0, 0.05) is 0 Å². The number of nitrogens with two attached hydrogens (primary N) is 1. The quantitative estimate of drug-likeness (QED) is 0.822. The molecular weight excluding hydrogens is 287 g/mol. The van der Waals surface area contributed by atoms with Crippen molar-refractivity contribution in [1.29, 1.82) is 0 Å². The van der Waals surface area contributed by atoms with E-state index in [0.29, 0.717) is 5.82 Å². The Kier molecular flexibility index (Phi) is 2.05. The lowest BCUT2D eigenvalue weighted by Crippen LogP contribution is -1.85. The maximum absolute atomic E-state index is 5.54. The van der Waals surface area contributed by atoms with Gasteiger partial charge in [0.25, 0.3) is 0 Å². The second-order valence-corrected chi connectivity index (χ2v) is 4.21. The fourth-order valence-electron chi connectivity index (χ4n) is 0.852. The highest BCUT2D eigenvalue weighted by atomic mass is 127. The van der Waals surface area contributed by atoms with E-state index in [0.717, 1.165) is 14.2 Å². The molecular formula is C7H5IN2OS. The van der Waals surface area contributed by atoms with Gasteiger partial charge in [-0.25, -0.2) is 0 Å². The van der Waals surface area contributed by atoms with Crippen LogP contribution >= 0.6 is 33.9 Å². The lowest BCUT2D eigenvalue weighted by molar-refractivity contribution is 0.436. The van der Waals surface area contributed by atoms with Crippen LogP contribution in [0.25, 0.3) is 10.6 Å². The zero-order valence-corrected chi connectivity index (χ0v) is 8.93. The Bertz CT molecular complexity index is 382. The number of nitrogen functional groups attached to an aromatic ring is 1. The van der Waals surface area contributed by atoms with Crippen molar-refractivity contribution in [3.05, 3.63) is 21.1 Å². The van der Waals surface area contributed by atoms with Crippen LogP contribution in [0, 0.1) is 3.57 Å². The Balaban J connectivity index is 2.55. The fourth-order valence-corrected chi connectivity index (χ4v) is 2.23. The molecule has 0 atom stereocenters. The van der Waals surface area contributed by atoms with Gasteiger partial charge in [0.15, 0.2) is 11.6 Å². The summed E-state index contributed by atoms with van der Waals surface area (Å²) in [6.07, 6.45) is 0. The molecule has 0 spiro atoms. The third kappa shape index (κ3) is 1.22. The first-order valence-corrected chi connectivity index (χ1v) is 5.19. The summed E-state index contributed by atoms with van der Waals surface area (Å²) in [7, 11) is 0. The van der Waals surface area contributed by atoms with E-state index in [-0.39, 0.29) is 0 Å². The van der Waals surface area contributed by atoms with Gasteiger partial charge < -0.3 is 10.3 Å². The van der Waals surface area contributed by atoms with Gasteiger partial charge in [0.05, 0.1) is 4.88 Å². The van der Waals surface area contributed by atoms with Gasteiger partial charge in [-0.1, -0.05) is 11.2 Å². The highest BCUT2D eigenvalue weighted by Crippen LogP contribution is 2.31. The van der Waals surface area contributed by atoms with Gasteiger partial charge in [-0.15, -0.1) is 11.3 Å². The minimum Gasteiger partial charge on any atom is -0.380 e. The van der Waals surface area contributed by atoms with Crippen LogP contribution in [0.4, 0.5) is 5.82 Å². The van der Waals surface area contributed by atoms with Crippen LogP contribution in [0.15, 0.2) is 22.0 Å². The first-order chi connectivity index (χ1) is 5.79. The highest BCUT2D eigenvalue weighted by molar-refractivity contribution is 14.1. The second-order valence-electron chi connectivity index (χ2n) is 2.19. The number of halogens is 1. The van der Waals surface area contributed by atoms with Crippen LogP contribution in [0.1, 0.15) is 0 Å². The number of rotatable bonds is 1. The number of anilines is 1. The average molecular weight is 292 g/mol. The van der Waals surface area contributed by atoms with Crippen LogP contribution in [0.5, 0.6) is 0 Å². The molecule has 0 saturated carbocycles. The van der Waals surface area contributed by atoms with Gasteiger partial charge >= 0.3 is 0 Å². The minimum absolute atomic E-state index is 0.457. The van der Waals surface area contributed by atoms with E-state index in [9.17, 15) is 0 Å². The van der Waals surface area contributed by atoms with E-state index < -0.39 is 0 Å². The summed E-state index contributed by atoms with van der Waals surface area (Å²) < 4.78 is 5.95. The predicted octanol–water partition coefficient (Wildman–Crippen LogP) is 2.59. The monoisotopic (exact) mass is 292 g/mol. The predicted molar refractivity (Wildman–Crippen MR) is 56.9 cm³/mol. The summed E-state index contributed by atoms with van der Waals surface area (Å²) in [5.41, 5.74) is 5.54. The van der Waals surface area contributed by atoms with Crippen molar-refractivity contribution in [3.63, 3.8) is 0 Å². The third-order valence-corrected chi connectivity index (χ3v) is 3.32. The molecule has 0 aliphatic carbocycles. The van der Waals surface area contributed by atoms with E-state index in [2.05, 4.69) is 27.7 Å². The van der Waals surface area contributed by atoms with Gasteiger partial charge in [0.1, 0.15) is 3.57 Å². The normalized spacial score (nSPS) is 10.4. The smallest absolute Gasteiger partial charge is 0.192 e. The Hall–Kier alpha value is -0.560. The molecule has 0 radical (unpaired) electrons. The molecule has 5 heteroatoms. The number of nitrogens with zero attached hydrogens (tertiary/aromatic N) is 1. The van der Waals surface area contributed by atoms with Crippen LogP contribution < -0.4 is 5.73 Å². The zero-order valence-electron chi connectivity index (χ0n) is 5.95. The summed E-state index contributed by atoms with van der Waals surface area (Å²) >= 11 is 3.74. The molecule has 0 saturated heterocycles. The Labute approximate surface area is 86.7 Å². The molecule has 2 rings (SSSR count). The minimum atomic E-state index is 0.457. The number of aromatic nitrogens is 1. The number of hydrogen-bond acceptors (Lipinski definition) is 4.